The van der Waals surface area contributed by atoms with E-state index in [9.17, 15) is 14.7 Å². The number of hydrogen-bond donors (Lipinski definition) is 3. The lowest BCUT2D eigenvalue weighted by Gasteiger charge is -2.28. The molecule has 1 amide bonds. The molecule has 10 heteroatoms. The minimum Gasteiger partial charge on any atom is -0.467 e. The van der Waals surface area contributed by atoms with Gasteiger partial charge < -0.3 is 35.1 Å². The maximum absolute atomic E-state index is 13.7. The second-order valence-electron chi connectivity index (χ2n) is 8.99. The van der Waals surface area contributed by atoms with Gasteiger partial charge in [-0.25, -0.2) is 9.78 Å². The summed E-state index contributed by atoms with van der Waals surface area (Å²) in [6, 6.07) is 16.9. The number of carbonyl (C=O) groups excluding carboxylic acids is 2. The summed E-state index contributed by atoms with van der Waals surface area (Å²) >= 11 is 0. The summed E-state index contributed by atoms with van der Waals surface area (Å²) in [6.45, 7) is 0.997. The number of amides is 1. The zero-order chi connectivity index (χ0) is 26.2. The third kappa shape index (κ3) is 6.53. The van der Waals surface area contributed by atoms with Crippen LogP contribution in [0.15, 0.2) is 73.2 Å². The topological polar surface area (TPSA) is 132 Å². The van der Waals surface area contributed by atoms with E-state index >= 15 is 0 Å². The molecule has 0 saturated carbocycles. The molecule has 0 spiro atoms. The first-order valence-corrected chi connectivity index (χ1v) is 12.3. The highest BCUT2D eigenvalue weighted by Crippen LogP contribution is 2.28. The van der Waals surface area contributed by atoms with Gasteiger partial charge >= 0.3 is 5.97 Å². The molecule has 0 radical (unpaired) electrons. The van der Waals surface area contributed by atoms with Gasteiger partial charge in [0, 0.05) is 12.7 Å². The molecule has 4 atom stereocenters. The number of nitrogens with zero attached hydrogens (tertiary/aromatic N) is 3. The largest absolute Gasteiger partial charge is 0.467 e. The number of likely N-dealkylation sites (tertiary alicyclic amines) is 1. The van der Waals surface area contributed by atoms with Crippen LogP contribution in [-0.2, 0) is 25.7 Å². The van der Waals surface area contributed by atoms with Gasteiger partial charge in [0.2, 0.25) is 0 Å². The molecular weight excluding hydrogens is 474 g/mol. The van der Waals surface area contributed by atoms with Crippen LogP contribution in [0.3, 0.4) is 0 Å². The van der Waals surface area contributed by atoms with E-state index in [1.165, 1.54) is 13.4 Å². The summed E-state index contributed by atoms with van der Waals surface area (Å²) < 4.78 is 12.2. The van der Waals surface area contributed by atoms with Gasteiger partial charge in [-0.1, -0.05) is 60.7 Å². The van der Waals surface area contributed by atoms with E-state index in [1.807, 2.05) is 60.7 Å². The van der Waals surface area contributed by atoms with E-state index in [0.29, 0.717) is 25.4 Å². The number of anilines is 1. The molecule has 0 bridgehead atoms. The van der Waals surface area contributed by atoms with Gasteiger partial charge in [-0.3, -0.25) is 4.79 Å². The number of methoxy groups -OCH3 is 1. The van der Waals surface area contributed by atoms with Crippen molar-refractivity contribution < 1.29 is 24.2 Å². The van der Waals surface area contributed by atoms with Gasteiger partial charge in [0.15, 0.2) is 0 Å². The zero-order valence-electron chi connectivity index (χ0n) is 20.8. The number of aliphatic hydroxyl groups is 1. The average Bonchev–Trinajstić information content (AvgIpc) is 3.60. The summed E-state index contributed by atoms with van der Waals surface area (Å²) in [5.41, 5.74) is 7.86. The quantitative estimate of drug-likeness (QED) is 0.265. The molecule has 3 aromatic rings. The Morgan fingerprint density at radius 3 is 2.57 bits per heavy atom. The number of aromatic nitrogens is 2. The van der Waals surface area contributed by atoms with E-state index in [1.54, 1.807) is 15.7 Å². The van der Waals surface area contributed by atoms with Crippen LogP contribution in [0.1, 0.15) is 30.0 Å². The number of benzene rings is 2. The average molecular weight is 508 g/mol. The first kappa shape index (κ1) is 26.3. The van der Waals surface area contributed by atoms with Gasteiger partial charge in [0.25, 0.3) is 5.91 Å². The molecule has 10 nitrogen and oxygen atoms in total. The second kappa shape index (κ2) is 12.5. The monoisotopic (exact) mass is 507 g/mol. The molecule has 1 aromatic heterocycles. The smallest absolute Gasteiger partial charge is 0.328 e. The fraction of sp³-hybridized carbons (Fsp3) is 0.370. The predicted molar refractivity (Wildman–Crippen MR) is 137 cm³/mol. The molecule has 4 rings (SSSR count). The Kier molecular flexibility index (Phi) is 8.89. The Morgan fingerprint density at radius 2 is 1.86 bits per heavy atom. The van der Waals surface area contributed by atoms with E-state index in [4.69, 9.17) is 15.2 Å². The van der Waals surface area contributed by atoms with E-state index in [2.05, 4.69) is 10.3 Å². The van der Waals surface area contributed by atoms with Crippen LogP contribution in [0, 0.1) is 0 Å². The summed E-state index contributed by atoms with van der Waals surface area (Å²) in [5.74, 6) is -0.294. The minimum absolute atomic E-state index is 0.138. The molecule has 1 aliphatic rings. The van der Waals surface area contributed by atoms with Crippen molar-refractivity contribution in [2.24, 2.45) is 5.73 Å². The van der Waals surface area contributed by atoms with Gasteiger partial charge in [0.05, 0.1) is 32.7 Å². The number of hydrogen-bond acceptors (Lipinski definition) is 8. The van der Waals surface area contributed by atoms with Crippen LogP contribution in [0.5, 0.6) is 0 Å². The minimum atomic E-state index is -1.12. The first-order valence-electron chi connectivity index (χ1n) is 12.3. The lowest BCUT2D eigenvalue weighted by molar-refractivity contribution is -0.151. The summed E-state index contributed by atoms with van der Waals surface area (Å²) in [5, 5.41) is 13.4. The van der Waals surface area contributed by atoms with Crippen LogP contribution in [0.4, 0.5) is 5.82 Å². The molecule has 196 valence electrons. The van der Waals surface area contributed by atoms with E-state index in [0.717, 1.165) is 17.5 Å². The molecule has 0 aliphatic carbocycles. The maximum atomic E-state index is 13.7. The Hall–Kier alpha value is -3.73. The van der Waals surface area contributed by atoms with E-state index < -0.39 is 30.3 Å². The summed E-state index contributed by atoms with van der Waals surface area (Å²) in [4.78, 5) is 31.9. The molecule has 37 heavy (non-hydrogen) atoms. The highest BCUT2D eigenvalue weighted by Gasteiger charge is 2.39. The van der Waals surface area contributed by atoms with Crippen LogP contribution in [0.2, 0.25) is 0 Å². The second-order valence-corrected chi connectivity index (χ2v) is 8.99. The molecule has 1 unspecified atom stereocenters. The highest BCUT2D eigenvalue weighted by molar-refractivity contribution is 5.89. The third-order valence-electron chi connectivity index (χ3n) is 6.38. The van der Waals surface area contributed by atoms with Crippen molar-refractivity contribution in [2.45, 2.75) is 43.8 Å². The molecule has 1 fully saturated rings. The van der Waals surface area contributed by atoms with Crippen molar-refractivity contribution in [1.82, 2.24) is 14.5 Å². The number of rotatable bonds is 11. The van der Waals surface area contributed by atoms with Crippen molar-refractivity contribution in [3.8, 4) is 0 Å². The molecule has 2 heterocycles. The molecule has 2 aromatic carbocycles. The number of aliphatic hydroxyl groups excluding tert-OH is 1. The van der Waals surface area contributed by atoms with Gasteiger partial charge in [0.1, 0.15) is 24.1 Å². The predicted octanol–water partition coefficient (Wildman–Crippen LogP) is 1.91. The van der Waals surface area contributed by atoms with Crippen molar-refractivity contribution in [3.63, 3.8) is 0 Å². The SMILES string of the molecule is COC(=O)[C@@H]1CCCN1C(=O)C(c1ccccc1)n1cnc(N[C@H](O)[C@H](N)COCc2ccccc2)c1. The first-order chi connectivity index (χ1) is 18.0. The Morgan fingerprint density at radius 1 is 1.16 bits per heavy atom. The lowest BCUT2D eigenvalue weighted by Crippen LogP contribution is -2.44. The number of ether oxygens (including phenoxy) is 2. The van der Waals surface area contributed by atoms with Gasteiger partial charge in [-0.2, -0.15) is 0 Å². The van der Waals surface area contributed by atoms with Crippen LogP contribution in [0.25, 0.3) is 0 Å². The van der Waals surface area contributed by atoms with E-state index in [-0.39, 0.29) is 12.5 Å². The van der Waals surface area contributed by atoms with Crippen LogP contribution >= 0.6 is 0 Å². The molecule has 1 saturated heterocycles. The van der Waals surface area contributed by atoms with Crippen molar-refractivity contribution in [1.29, 1.82) is 0 Å². The fourth-order valence-corrected chi connectivity index (χ4v) is 4.44. The summed E-state index contributed by atoms with van der Waals surface area (Å²) in [7, 11) is 1.33. The van der Waals surface area contributed by atoms with Crippen LogP contribution < -0.4 is 11.1 Å². The number of nitrogens with two attached hydrogens (primary N) is 1. The maximum Gasteiger partial charge on any atom is 0.328 e. The van der Waals surface area contributed by atoms with Crippen molar-refractivity contribution in [3.05, 3.63) is 84.3 Å². The lowest BCUT2D eigenvalue weighted by atomic mass is 10.0. The summed E-state index contributed by atoms with van der Waals surface area (Å²) in [6.07, 6.45) is 3.32. The van der Waals surface area contributed by atoms with Gasteiger partial charge in [-0.15, -0.1) is 0 Å². The number of nitrogens with one attached hydrogen (secondary N) is 1. The molecule has 1 aliphatic heterocycles. The molecular formula is C27H33N5O5. The number of esters is 1. The van der Waals surface area contributed by atoms with Crippen molar-refractivity contribution >= 4 is 17.7 Å². The Bertz CT molecular complexity index is 1160. The Labute approximate surface area is 216 Å². The third-order valence-corrected chi connectivity index (χ3v) is 6.38. The fourth-order valence-electron chi connectivity index (χ4n) is 4.44. The number of carbonyl (C=O) groups is 2. The zero-order valence-corrected chi connectivity index (χ0v) is 20.8. The highest BCUT2D eigenvalue weighted by atomic mass is 16.5. The Balaban J connectivity index is 1.44. The normalized spacial score (nSPS) is 17.7. The van der Waals surface area contributed by atoms with Crippen LogP contribution in [-0.4, -0.2) is 70.0 Å². The number of imidazole rings is 1. The standard InChI is InChI=1S/C27H33N5O5/c1-36-27(35)22-13-8-14-32(22)26(34)24(20-11-6-3-7-12-20)31-15-23(29-18-31)30-25(33)21(28)17-37-16-19-9-4-2-5-10-19/h2-7,9-12,15,18,21-22,24-25,30,33H,8,13-14,16-17,28H2,1H3/t21-,22+,24?,25-/m1/s1. The van der Waals surface area contributed by atoms with Crippen molar-refractivity contribution in [2.75, 3.05) is 25.6 Å². The van der Waals surface area contributed by atoms with Gasteiger partial charge in [-0.05, 0) is 24.0 Å². The molecule has 4 N–H and O–H groups in total.